The van der Waals surface area contributed by atoms with Gasteiger partial charge in [-0.1, -0.05) is 48.6 Å². The maximum Gasteiger partial charge on any atom is 0.307 e. The lowest BCUT2D eigenvalue weighted by Crippen LogP contribution is -2.40. The Kier molecular flexibility index (Phi) is 7.97. The molecule has 1 aliphatic heterocycles. The number of hydrogen-bond acceptors (Lipinski definition) is 6. The summed E-state index contributed by atoms with van der Waals surface area (Å²) in [5.41, 5.74) is 12.8. The predicted octanol–water partition coefficient (Wildman–Crippen LogP) is 5.40. The Morgan fingerprint density at radius 1 is 1.30 bits per heavy atom. The van der Waals surface area contributed by atoms with Crippen molar-refractivity contribution in [2.45, 2.75) is 79.2 Å². The molecule has 2 N–H and O–H groups in total. The first kappa shape index (κ1) is 28.6. The number of ether oxygens (including phenoxy) is 1. The Labute approximate surface area is 245 Å². The van der Waals surface area contributed by atoms with Crippen LogP contribution in [0.25, 0.3) is 11.2 Å². The third kappa shape index (κ3) is 5.37. The number of halogens is 1. The van der Waals surface area contributed by atoms with Crippen LogP contribution in [0.4, 0.5) is 5.82 Å². The highest BCUT2D eigenvalue weighted by atomic mass is 79.9. The number of rotatable bonds is 8. The van der Waals surface area contributed by atoms with Gasteiger partial charge in [0.25, 0.3) is 0 Å². The smallest absolute Gasteiger partial charge is 0.307 e. The molecule has 0 amide bonds. The Hall–Kier alpha value is -2.94. The average Bonchev–Trinajstić information content (AvgIpc) is 3.51. The van der Waals surface area contributed by atoms with Crippen LogP contribution < -0.4 is 15.4 Å². The van der Waals surface area contributed by atoms with Gasteiger partial charge in [0, 0.05) is 17.3 Å². The van der Waals surface area contributed by atoms with E-state index in [1.165, 1.54) is 23.9 Å². The molecule has 40 heavy (non-hydrogen) atoms. The van der Waals surface area contributed by atoms with Gasteiger partial charge in [0.1, 0.15) is 0 Å². The number of aromatic nitrogens is 4. The van der Waals surface area contributed by atoms with E-state index < -0.39 is 0 Å². The zero-order valence-corrected chi connectivity index (χ0v) is 25.9. The second kappa shape index (κ2) is 11.1. The van der Waals surface area contributed by atoms with Crippen molar-refractivity contribution in [1.29, 1.82) is 0 Å². The van der Waals surface area contributed by atoms with Gasteiger partial charge in [-0.15, -0.1) is 0 Å². The van der Waals surface area contributed by atoms with Crippen LogP contribution in [0.5, 0.6) is 0 Å². The number of allylic oxidation sites excluding steroid dienone is 5. The molecule has 2 aromatic rings. The Balaban J connectivity index is 1.32. The molecular weight excluding hydrogens is 568 g/mol. The summed E-state index contributed by atoms with van der Waals surface area (Å²) in [5.74, 6) is 0.772. The fourth-order valence-corrected chi connectivity index (χ4v) is 7.19. The lowest BCUT2D eigenvalue weighted by Gasteiger charge is -2.51. The van der Waals surface area contributed by atoms with Crippen molar-refractivity contribution in [1.82, 2.24) is 14.5 Å². The Bertz CT molecular complexity index is 1470. The van der Waals surface area contributed by atoms with Crippen LogP contribution in [0.2, 0.25) is 0 Å². The molecule has 3 atom stereocenters. The van der Waals surface area contributed by atoms with Gasteiger partial charge in [-0.2, -0.15) is 4.98 Å². The Morgan fingerprint density at radius 3 is 2.85 bits per heavy atom. The van der Waals surface area contributed by atoms with Gasteiger partial charge < -0.3 is 15.6 Å². The maximum absolute atomic E-state index is 12.7. The number of aliphatic imine (C=N–C) groups is 1. The quantitative estimate of drug-likeness (QED) is 0.245. The molecule has 0 bridgehead atoms. The molecule has 0 saturated carbocycles. The lowest BCUT2D eigenvalue weighted by atomic mass is 9.55. The zero-order chi connectivity index (χ0) is 28.7. The molecule has 5 rings (SSSR count). The van der Waals surface area contributed by atoms with E-state index in [9.17, 15) is 5.11 Å². The van der Waals surface area contributed by atoms with E-state index in [1.54, 1.807) is 17.9 Å². The molecule has 8 nitrogen and oxygen atoms in total. The van der Waals surface area contributed by atoms with Crippen LogP contribution >= 0.6 is 15.9 Å². The van der Waals surface area contributed by atoms with Crippen molar-refractivity contribution in [2.24, 2.45) is 28.8 Å². The van der Waals surface area contributed by atoms with E-state index in [1.807, 2.05) is 17.9 Å². The number of nitrogen functional groups attached to an aromatic ring is 1. The van der Waals surface area contributed by atoms with Gasteiger partial charge in [0.15, 0.2) is 18.5 Å². The topological polar surface area (TPSA) is 105 Å². The van der Waals surface area contributed by atoms with E-state index in [-0.39, 0.29) is 16.8 Å². The highest BCUT2D eigenvalue weighted by Gasteiger charge is 2.45. The van der Waals surface area contributed by atoms with Crippen molar-refractivity contribution in [3.05, 3.63) is 57.7 Å². The largest absolute Gasteiger partial charge is 0.611 e. The molecule has 3 aliphatic rings. The summed E-state index contributed by atoms with van der Waals surface area (Å²) in [5, 5.41) is 12.7. The summed E-state index contributed by atoms with van der Waals surface area (Å²) in [6.07, 6.45) is 16.9. The summed E-state index contributed by atoms with van der Waals surface area (Å²) >= 11 is 3.37. The van der Waals surface area contributed by atoms with Crippen molar-refractivity contribution in [3.63, 3.8) is 0 Å². The second-order valence-electron chi connectivity index (χ2n) is 12.3. The van der Waals surface area contributed by atoms with Crippen LogP contribution in [0.3, 0.4) is 0 Å². The van der Waals surface area contributed by atoms with Crippen LogP contribution in [0.1, 0.15) is 72.6 Å². The van der Waals surface area contributed by atoms with Gasteiger partial charge in [0.05, 0.1) is 25.2 Å². The molecule has 0 aromatic carbocycles. The third-order valence-corrected chi connectivity index (χ3v) is 10.1. The first-order valence-corrected chi connectivity index (χ1v) is 15.1. The number of anilines is 1. The summed E-state index contributed by atoms with van der Waals surface area (Å²) in [6.45, 7) is 10.6. The van der Waals surface area contributed by atoms with Crippen molar-refractivity contribution < 1.29 is 14.4 Å². The highest BCUT2D eigenvalue weighted by Crippen LogP contribution is 2.57. The molecule has 0 spiro atoms. The summed E-state index contributed by atoms with van der Waals surface area (Å²) in [4.78, 5) is 12.7. The van der Waals surface area contributed by atoms with Crippen LogP contribution in [0.15, 0.2) is 62.6 Å². The summed E-state index contributed by atoms with van der Waals surface area (Å²) in [7, 11) is 1.98. The highest BCUT2D eigenvalue weighted by molar-refractivity contribution is 9.12. The molecule has 0 radical (unpaired) electrons. The number of fused-ring (bicyclic) bond motifs is 1. The fourth-order valence-electron chi connectivity index (χ4n) is 6.87. The van der Waals surface area contributed by atoms with E-state index in [0.29, 0.717) is 24.0 Å². The average molecular weight is 610 g/mol. The molecule has 2 aliphatic carbocycles. The first-order chi connectivity index (χ1) is 19.0. The predicted molar refractivity (Wildman–Crippen MR) is 160 cm³/mol. The third-order valence-electron chi connectivity index (χ3n) is 9.63. The Morgan fingerprint density at radius 2 is 2.10 bits per heavy atom. The van der Waals surface area contributed by atoms with Gasteiger partial charge in [0.2, 0.25) is 5.52 Å². The number of imidazole rings is 1. The molecule has 214 valence electrons. The van der Waals surface area contributed by atoms with Gasteiger partial charge >= 0.3 is 5.65 Å². The fraction of sp³-hybridized carbons (Fsp3) is 0.548. The summed E-state index contributed by atoms with van der Waals surface area (Å²) in [6, 6.07) is 0. The monoisotopic (exact) mass is 608 g/mol. The summed E-state index contributed by atoms with van der Waals surface area (Å²) < 4.78 is 10.8. The zero-order valence-electron chi connectivity index (χ0n) is 24.3. The molecular formula is C31H41BrN6O2. The van der Waals surface area contributed by atoms with Crippen molar-refractivity contribution in [3.8, 4) is 0 Å². The normalized spacial score (nSPS) is 28.2. The lowest BCUT2D eigenvalue weighted by molar-refractivity contribution is -0.647. The molecule has 3 heterocycles. The minimum Gasteiger partial charge on any atom is -0.611 e. The van der Waals surface area contributed by atoms with Crippen LogP contribution in [0, 0.1) is 16.7 Å². The van der Waals surface area contributed by atoms with E-state index >= 15 is 0 Å². The van der Waals surface area contributed by atoms with Gasteiger partial charge in [-0.3, -0.25) is 9.56 Å². The van der Waals surface area contributed by atoms with Crippen molar-refractivity contribution in [2.75, 3.05) is 12.3 Å². The first-order valence-electron chi connectivity index (χ1n) is 14.3. The van der Waals surface area contributed by atoms with E-state index in [4.69, 9.17) is 10.5 Å². The van der Waals surface area contributed by atoms with Gasteiger partial charge in [-0.05, 0) is 90.6 Å². The maximum atomic E-state index is 12.7. The number of hydrogen-bond donors (Lipinski definition) is 1. The minimum atomic E-state index is -0.343. The van der Waals surface area contributed by atoms with E-state index in [2.05, 4.69) is 69.2 Å². The van der Waals surface area contributed by atoms with Crippen LogP contribution in [-0.2, 0) is 18.3 Å². The second-order valence-corrected chi connectivity index (χ2v) is 13.3. The number of nitrogens with two attached hydrogens (primary N) is 1. The number of aryl methyl sites for hydroxylation is 1. The molecule has 0 saturated heterocycles. The standard InChI is InChI=1S/C31H41BrN6O2/c1-20(11-14-38-19-37(5)28-26(38)27(33)35-18-36-28)10-13-31(4)21(2)8-9-23-24(31)7-6-12-30(23,3)17-40-29(39)25-15-22(32)16-34-25/h11,15-16,18-19,21H,6-10,12-14,17H2,1-5H3,(H2-,33,34,35,36,39)/b20-11+/t21-,30-,31+/m0/s1. The van der Waals surface area contributed by atoms with Gasteiger partial charge in [-0.25, -0.2) is 4.57 Å². The van der Waals surface area contributed by atoms with E-state index in [0.717, 1.165) is 60.7 Å². The minimum absolute atomic E-state index is 0.119. The van der Waals surface area contributed by atoms with Crippen molar-refractivity contribution >= 4 is 39.1 Å². The molecule has 0 fully saturated rings. The number of nitrogens with zero attached hydrogens (tertiary/aromatic N) is 5. The molecule has 0 unspecified atom stereocenters. The van der Waals surface area contributed by atoms with Crippen LogP contribution in [-0.4, -0.2) is 27.4 Å². The molecule has 9 heteroatoms. The molecule has 2 aromatic heterocycles. The SMILES string of the molecule is C/C(=C\Cn1c[n+](C)c2ncnc(N)c21)CC[C@@]1(C)C2=C(CC[C@@H]1C)[C@](C)(CO/C([O-])=C1\C=C(Br)C=N1)CCC2.